The van der Waals surface area contributed by atoms with Crippen LogP contribution in [0.25, 0.3) is 11.1 Å². The first-order chi connectivity index (χ1) is 8.50. The summed E-state index contributed by atoms with van der Waals surface area (Å²) in [5.74, 6) is 1.22. The highest BCUT2D eigenvalue weighted by Gasteiger charge is 2.17. The van der Waals surface area contributed by atoms with Crippen LogP contribution in [0.2, 0.25) is 0 Å². The zero-order valence-corrected chi connectivity index (χ0v) is 10.7. The molecule has 96 valence electrons. The van der Waals surface area contributed by atoms with Gasteiger partial charge >= 0.3 is 0 Å². The van der Waals surface area contributed by atoms with Crippen molar-refractivity contribution >= 4 is 5.82 Å². The van der Waals surface area contributed by atoms with Gasteiger partial charge in [0.15, 0.2) is 0 Å². The van der Waals surface area contributed by atoms with Gasteiger partial charge < -0.3 is 15.6 Å². The van der Waals surface area contributed by atoms with Crippen LogP contribution in [-0.4, -0.2) is 21.0 Å². The molecule has 0 amide bonds. The molecule has 0 fully saturated rings. The van der Waals surface area contributed by atoms with Crippen molar-refractivity contribution in [3.63, 3.8) is 0 Å². The highest BCUT2D eigenvalue weighted by atomic mass is 16.5. The first-order valence-corrected chi connectivity index (χ1v) is 5.77. The van der Waals surface area contributed by atoms with E-state index in [4.69, 9.17) is 10.5 Å². The Bertz CT molecular complexity index is 561. The molecule has 18 heavy (non-hydrogen) atoms. The molecule has 0 saturated heterocycles. The molecule has 2 rings (SSSR count). The van der Waals surface area contributed by atoms with Crippen molar-refractivity contribution in [3.8, 4) is 22.6 Å². The summed E-state index contributed by atoms with van der Waals surface area (Å²) in [6, 6.07) is 5.15. The van der Waals surface area contributed by atoms with Crippen molar-refractivity contribution in [1.29, 1.82) is 0 Å². The minimum atomic E-state index is 0.0171. The Kier molecular flexibility index (Phi) is 3.14. The van der Waals surface area contributed by atoms with Crippen molar-refractivity contribution in [2.45, 2.75) is 20.0 Å². The Labute approximate surface area is 106 Å². The lowest BCUT2D eigenvalue weighted by Crippen LogP contribution is -2.07. The number of nitrogens with two attached hydrogens (primary N) is 1. The molecule has 0 aliphatic carbocycles. The van der Waals surface area contributed by atoms with E-state index >= 15 is 0 Å². The number of phenolic OH excluding ortho intramolecular Hbond substituents is 1. The van der Waals surface area contributed by atoms with Crippen LogP contribution in [0.5, 0.6) is 11.5 Å². The quantitative estimate of drug-likeness (QED) is 0.871. The Morgan fingerprint density at radius 1 is 1.39 bits per heavy atom. The molecule has 0 spiro atoms. The summed E-state index contributed by atoms with van der Waals surface area (Å²) in [6.45, 7) is 3.86. The molecule has 0 bridgehead atoms. The highest BCUT2D eigenvalue weighted by Crippen LogP contribution is 2.40. The fourth-order valence-corrected chi connectivity index (χ4v) is 1.78. The summed E-state index contributed by atoms with van der Waals surface area (Å²) in [7, 11) is 1.75. The number of anilines is 1. The molecule has 0 aliphatic rings. The van der Waals surface area contributed by atoms with E-state index in [-0.39, 0.29) is 11.9 Å². The summed E-state index contributed by atoms with van der Waals surface area (Å²) in [6.07, 6.45) is 1.64. The smallest absolute Gasteiger partial charge is 0.131 e. The van der Waals surface area contributed by atoms with Gasteiger partial charge in [0.1, 0.15) is 17.3 Å². The Morgan fingerprint density at radius 3 is 2.67 bits per heavy atom. The summed E-state index contributed by atoms with van der Waals surface area (Å²) >= 11 is 0. The van der Waals surface area contributed by atoms with Crippen LogP contribution in [0.3, 0.4) is 0 Å². The second kappa shape index (κ2) is 4.60. The van der Waals surface area contributed by atoms with Crippen LogP contribution in [0, 0.1) is 0 Å². The van der Waals surface area contributed by atoms with Crippen LogP contribution in [0.4, 0.5) is 5.82 Å². The minimum Gasteiger partial charge on any atom is -0.507 e. The third kappa shape index (κ3) is 2.11. The monoisotopic (exact) mass is 247 g/mol. The van der Waals surface area contributed by atoms with Crippen LogP contribution < -0.4 is 10.5 Å². The number of aromatic hydroxyl groups is 1. The standard InChI is InChI=1S/C13H17N3O2/c1-8(2)18-11-6-4-5-10(17)12(11)9-7-15-16(3)13(9)14/h4-8,17H,14H2,1-3H3. The lowest BCUT2D eigenvalue weighted by atomic mass is 10.1. The maximum absolute atomic E-state index is 10.0. The molecule has 5 heteroatoms. The van der Waals surface area contributed by atoms with Crippen LogP contribution >= 0.6 is 0 Å². The van der Waals surface area contributed by atoms with E-state index in [0.717, 1.165) is 0 Å². The van der Waals surface area contributed by atoms with Gasteiger partial charge in [-0.2, -0.15) is 5.10 Å². The van der Waals surface area contributed by atoms with Crippen molar-refractivity contribution in [2.24, 2.45) is 7.05 Å². The number of hydrogen-bond donors (Lipinski definition) is 2. The number of phenols is 1. The van der Waals surface area contributed by atoms with E-state index in [1.807, 2.05) is 19.9 Å². The predicted octanol–water partition coefficient (Wildman–Crippen LogP) is 2.16. The number of rotatable bonds is 3. The van der Waals surface area contributed by atoms with Gasteiger partial charge in [-0.05, 0) is 26.0 Å². The molecule has 1 aromatic heterocycles. The fourth-order valence-electron chi connectivity index (χ4n) is 1.78. The van der Waals surface area contributed by atoms with E-state index in [9.17, 15) is 5.11 Å². The van der Waals surface area contributed by atoms with Gasteiger partial charge in [-0.25, -0.2) is 0 Å². The Morgan fingerprint density at radius 2 is 2.11 bits per heavy atom. The average Bonchev–Trinajstić information content (AvgIpc) is 2.60. The second-order valence-corrected chi connectivity index (χ2v) is 4.38. The van der Waals surface area contributed by atoms with Gasteiger partial charge in [0, 0.05) is 7.05 Å². The van der Waals surface area contributed by atoms with Gasteiger partial charge in [-0.3, -0.25) is 4.68 Å². The van der Waals surface area contributed by atoms with Crippen LogP contribution in [0.1, 0.15) is 13.8 Å². The first-order valence-electron chi connectivity index (χ1n) is 5.77. The summed E-state index contributed by atoms with van der Waals surface area (Å²) in [5.41, 5.74) is 7.19. The maximum Gasteiger partial charge on any atom is 0.131 e. The molecular weight excluding hydrogens is 230 g/mol. The van der Waals surface area contributed by atoms with Crippen LogP contribution in [-0.2, 0) is 7.05 Å². The van der Waals surface area contributed by atoms with Gasteiger partial charge in [0.2, 0.25) is 0 Å². The lowest BCUT2D eigenvalue weighted by molar-refractivity contribution is 0.242. The van der Waals surface area contributed by atoms with Crippen molar-refractivity contribution in [2.75, 3.05) is 5.73 Å². The van der Waals surface area contributed by atoms with E-state index in [2.05, 4.69) is 5.10 Å². The number of benzene rings is 1. The van der Waals surface area contributed by atoms with Gasteiger partial charge in [-0.15, -0.1) is 0 Å². The normalized spacial score (nSPS) is 10.9. The number of hydrogen-bond acceptors (Lipinski definition) is 4. The van der Waals surface area contributed by atoms with Crippen molar-refractivity contribution < 1.29 is 9.84 Å². The number of aryl methyl sites for hydroxylation is 1. The van der Waals surface area contributed by atoms with Crippen molar-refractivity contribution in [3.05, 3.63) is 24.4 Å². The molecule has 5 nitrogen and oxygen atoms in total. The number of nitrogens with zero attached hydrogens (tertiary/aromatic N) is 2. The topological polar surface area (TPSA) is 73.3 Å². The molecule has 0 saturated carbocycles. The summed E-state index contributed by atoms with van der Waals surface area (Å²) in [4.78, 5) is 0. The molecular formula is C13H17N3O2. The second-order valence-electron chi connectivity index (χ2n) is 4.38. The molecule has 0 radical (unpaired) electrons. The minimum absolute atomic E-state index is 0.0171. The zero-order valence-electron chi connectivity index (χ0n) is 10.7. The largest absolute Gasteiger partial charge is 0.507 e. The number of nitrogen functional groups attached to an aromatic ring is 1. The highest BCUT2D eigenvalue weighted by molar-refractivity contribution is 5.82. The first kappa shape index (κ1) is 12.3. The van der Waals surface area contributed by atoms with Crippen molar-refractivity contribution in [1.82, 2.24) is 9.78 Å². The van der Waals surface area contributed by atoms with E-state index in [1.165, 1.54) is 0 Å². The van der Waals surface area contributed by atoms with E-state index < -0.39 is 0 Å². The number of aromatic nitrogens is 2. The molecule has 1 heterocycles. The lowest BCUT2D eigenvalue weighted by Gasteiger charge is -2.15. The fraction of sp³-hybridized carbons (Fsp3) is 0.308. The molecule has 3 N–H and O–H groups in total. The SMILES string of the molecule is CC(C)Oc1cccc(O)c1-c1cnn(C)c1N. The van der Waals surface area contributed by atoms with Crippen LogP contribution in [0.15, 0.2) is 24.4 Å². The third-order valence-corrected chi connectivity index (χ3v) is 2.62. The summed E-state index contributed by atoms with van der Waals surface area (Å²) in [5, 5.41) is 14.1. The third-order valence-electron chi connectivity index (χ3n) is 2.62. The van der Waals surface area contributed by atoms with Gasteiger partial charge in [0.05, 0.1) is 23.4 Å². The molecule has 0 aliphatic heterocycles. The Hall–Kier alpha value is -2.17. The van der Waals surface area contributed by atoms with Gasteiger partial charge in [-0.1, -0.05) is 6.07 Å². The van der Waals surface area contributed by atoms with Gasteiger partial charge in [0.25, 0.3) is 0 Å². The predicted molar refractivity (Wildman–Crippen MR) is 70.5 cm³/mol. The zero-order chi connectivity index (χ0) is 13.3. The summed E-state index contributed by atoms with van der Waals surface area (Å²) < 4.78 is 7.25. The maximum atomic E-state index is 10.0. The molecule has 2 aromatic rings. The average molecular weight is 247 g/mol. The number of ether oxygens (including phenoxy) is 1. The molecule has 0 unspecified atom stereocenters. The molecule has 0 atom stereocenters. The van der Waals surface area contributed by atoms with E-state index in [0.29, 0.717) is 22.7 Å². The Balaban J connectivity index is 2.58. The van der Waals surface area contributed by atoms with E-state index in [1.54, 1.807) is 30.1 Å². The molecule has 1 aromatic carbocycles.